The molecule has 1 N–H and O–H groups in total. The summed E-state index contributed by atoms with van der Waals surface area (Å²) in [5.41, 5.74) is 1.42. The normalized spacial score (nSPS) is 17.1. The topological polar surface area (TPSA) is 56.1 Å². The molecule has 0 radical (unpaired) electrons. The Morgan fingerprint density at radius 2 is 2.12 bits per heavy atom. The number of hydrogen-bond acceptors (Lipinski definition) is 4. The third-order valence-corrected chi connectivity index (χ3v) is 4.54. The fraction of sp³-hybridized carbons (Fsp3) is 0.263. The molecule has 1 unspecified atom stereocenters. The molecule has 1 atom stereocenters. The van der Waals surface area contributed by atoms with Gasteiger partial charge in [-0.05, 0) is 24.1 Å². The molecule has 2 aromatic rings. The van der Waals surface area contributed by atoms with Crippen LogP contribution in [0.4, 0.5) is 10.3 Å². The molecule has 0 fully saturated rings. The molecule has 0 spiro atoms. The average molecular weight is 376 g/mol. The van der Waals surface area contributed by atoms with Gasteiger partial charge in [-0.2, -0.15) is 4.98 Å². The SMILES string of the molecule is COc1cn(Cc2ccccc2)c(NC2CC(F)=C(Cl)C=C2C)nc1=O. The van der Waals surface area contributed by atoms with Crippen LogP contribution in [0.2, 0.25) is 0 Å². The lowest BCUT2D eigenvalue weighted by Crippen LogP contribution is -2.28. The van der Waals surface area contributed by atoms with Crippen molar-refractivity contribution in [1.29, 1.82) is 0 Å². The van der Waals surface area contributed by atoms with Crippen molar-refractivity contribution in [3.63, 3.8) is 0 Å². The van der Waals surface area contributed by atoms with E-state index in [0.717, 1.165) is 11.1 Å². The summed E-state index contributed by atoms with van der Waals surface area (Å²) in [6.45, 7) is 2.34. The summed E-state index contributed by atoms with van der Waals surface area (Å²) in [6.07, 6.45) is 3.29. The van der Waals surface area contributed by atoms with Crippen LogP contribution in [0.15, 0.2) is 63.8 Å². The summed E-state index contributed by atoms with van der Waals surface area (Å²) in [5.74, 6) is 0.111. The van der Waals surface area contributed by atoms with Gasteiger partial charge in [0.15, 0.2) is 0 Å². The Morgan fingerprint density at radius 1 is 1.38 bits per heavy atom. The molecule has 0 amide bonds. The second-order valence-corrected chi connectivity index (χ2v) is 6.50. The van der Waals surface area contributed by atoms with E-state index in [4.69, 9.17) is 16.3 Å². The van der Waals surface area contributed by atoms with Crippen LogP contribution >= 0.6 is 11.6 Å². The van der Waals surface area contributed by atoms with Crippen molar-refractivity contribution in [2.45, 2.75) is 25.9 Å². The van der Waals surface area contributed by atoms with E-state index in [9.17, 15) is 9.18 Å². The van der Waals surface area contributed by atoms with E-state index in [2.05, 4.69) is 10.3 Å². The number of halogens is 2. The Balaban J connectivity index is 1.94. The Kier molecular flexibility index (Phi) is 5.42. The average Bonchev–Trinajstić information content (AvgIpc) is 2.62. The second-order valence-electron chi connectivity index (χ2n) is 6.09. The van der Waals surface area contributed by atoms with E-state index < -0.39 is 5.56 Å². The quantitative estimate of drug-likeness (QED) is 0.862. The molecule has 1 aliphatic carbocycles. The molecule has 136 valence electrons. The van der Waals surface area contributed by atoms with Gasteiger partial charge in [-0.1, -0.05) is 41.9 Å². The lowest BCUT2D eigenvalue weighted by Gasteiger charge is -2.25. The molecule has 0 bridgehead atoms. The number of rotatable bonds is 5. The molecule has 1 aromatic carbocycles. The summed E-state index contributed by atoms with van der Waals surface area (Å²) in [6, 6.07) is 9.42. The third-order valence-electron chi connectivity index (χ3n) is 4.23. The van der Waals surface area contributed by atoms with Gasteiger partial charge in [0.1, 0.15) is 5.83 Å². The van der Waals surface area contributed by atoms with Gasteiger partial charge in [0.05, 0.1) is 30.9 Å². The number of hydrogen-bond donors (Lipinski definition) is 1. The molecular weight excluding hydrogens is 357 g/mol. The standard InChI is InChI=1S/C19H19ClFN3O2/c1-12-8-14(20)15(21)9-16(12)22-19-23-18(25)17(26-2)11-24(19)10-13-6-4-3-5-7-13/h3-8,11,16H,9-10H2,1-2H3,(H,22,23,25). The van der Waals surface area contributed by atoms with E-state index in [1.807, 2.05) is 37.3 Å². The molecule has 0 aliphatic heterocycles. The van der Waals surface area contributed by atoms with Gasteiger partial charge in [0, 0.05) is 6.42 Å². The minimum atomic E-state index is -0.481. The van der Waals surface area contributed by atoms with E-state index in [1.165, 1.54) is 7.11 Å². The highest BCUT2D eigenvalue weighted by atomic mass is 35.5. The van der Waals surface area contributed by atoms with Crippen LogP contribution in [-0.4, -0.2) is 22.7 Å². The van der Waals surface area contributed by atoms with Crippen LogP contribution in [0, 0.1) is 0 Å². The van der Waals surface area contributed by atoms with Gasteiger partial charge >= 0.3 is 5.56 Å². The molecule has 7 heteroatoms. The minimum Gasteiger partial charge on any atom is -0.490 e. The highest BCUT2D eigenvalue weighted by Crippen LogP contribution is 2.29. The Morgan fingerprint density at radius 3 is 2.81 bits per heavy atom. The van der Waals surface area contributed by atoms with Gasteiger partial charge < -0.3 is 14.6 Å². The van der Waals surface area contributed by atoms with Crippen molar-refractivity contribution in [1.82, 2.24) is 9.55 Å². The highest BCUT2D eigenvalue weighted by molar-refractivity contribution is 6.31. The molecule has 26 heavy (non-hydrogen) atoms. The van der Waals surface area contributed by atoms with Crippen molar-refractivity contribution in [2.75, 3.05) is 12.4 Å². The predicted molar refractivity (Wildman–Crippen MR) is 100 cm³/mol. The number of ether oxygens (including phenoxy) is 1. The van der Waals surface area contributed by atoms with Crippen molar-refractivity contribution in [3.8, 4) is 5.75 Å². The molecular formula is C19H19ClFN3O2. The summed E-state index contributed by atoms with van der Waals surface area (Å²) < 4.78 is 20.8. The van der Waals surface area contributed by atoms with Crippen molar-refractivity contribution < 1.29 is 9.13 Å². The van der Waals surface area contributed by atoms with E-state index in [0.29, 0.717) is 12.5 Å². The second kappa shape index (κ2) is 7.74. The number of benzene rings is 1. The Hall–Kier alpha value is -2.60. The van der Waals surface area contributed by atoms with E-state index in [-0.39, 0.29) is 29.1 Å². The van der Waals surface area contributed by atoms with Crippen LogP contribution in [0.3, 0.4) is 0 Å². The van der Waals surface area contributed by atoms with Crippen LogP contribution in [0.25, 0.3) is 0 Å². The zero-order valence-electron chi connectivity index (χ0n) is 14.5. The lowest BCUT2D eigenvalue weighted by molar-refractivity contribution is 0.402. The first-order valence-electron chi connectivity index (χ1n) is 8.16. The first-order valence-corrected chi connectivity index (χ1v) is 8.54. The van der Waals surface area contributed by atoms with Crippen LogP contribution in [0.1, 0.15) is 18.9 Å². The maximum atomic E-state index is 13.9. The monoisotopic (exact) mass is 375 g/mol. The molecule has 1 heterocycles. The maximum Gasteiger partial charge on any atom is 0.316 e. The number of aromatic nitrogens is 2. The fourth-order valence-corrected chi connectivity index (χ4v) is 3.02. The number of nitrogens with zero attached hydrogens (tertiary/aromatic N) is 2. The van der Waals surface area contributed by atoms with Gasteiger partial charge in [-0.3, -0.25) is 4.79 Å². The number of nitrogens with one attached hydrogen (secondary N) is 1. The van der Waals surface area contributed by atoms with Gasteiger partial charge in [-0.25, -0.2) is 4.39 Å². The molecule has 1 aromatic heterocycles. The highest BCUT2D eigenvalue weighted by Gasteiger charge is 2.22. The van der Waals surface area contributed by atoms with Gasteiger partial charge in [0.25, 0.3) is 0 Å². The lowest BCUT2D eigenvalue weighted by atomic mass is 9.99. The number of anilines is 1. The van der Waals surface area contributed by atoms with Crippen molar-refractivity contribution >= 4 is 17.5 Å². The summed E-state index contributed by atoms with van der Waals surface area (Å²) in [5, 5.41) is 3.27. The number of allylic oxidation sites excluding steroid dienone is 2. The first kappa shape index (κ1) is 18.2. The summed E-state index contributed by atoms with van der Waals surface area (Å²) >= 11 is 5.85. The van der Waals surface area contributed by atoms with Gasteiger partial charge in [-0.15, -0.1) is 0 Å². The summed E-state index contributed by atoms with van der Waals surface area (Å²) in [7, 11) is 1.43. The Bertz CT molecular complexity index is 922. The van der Waals surface area contributed by atoms with Crippen molar-refractivity contribution in [2.24, 2.45) is 0 Å². The maximum absolute atomic E-state index is 13.9. The molecule has 0 saturated heterocycles. The van der Waals surface area contributed by atoms with E-state index in [1.54, 1.807) is 16.8 Å². The van der Waals surface area contributed by atoms with Crippen LogP contribution in [0.5, 0.6) is 5.75 Å². The molecule has 0 saturated carbocycles. The minimum absolute atomic E-state index is 0.106. The molecule has 1 aliphatic rings. The van der Waals surface area contributed by atoms with Gasteiger partial charge in [0.2, 0.25) is 11.7 Å². The fourth-order valence-electron chi connectivity index (χ4n) is 2.77. The van der Waals surface area contributed by atoms with Crippen molar-refractivity contribution in [3.05, 3.63) is 75.0 Å². The first-order chi connectivity index (χ1) is 12.5. The largest absolute Gasteiger partial charge is 0.490 e. The van der Waals surface area contributed by atoms with Crippen LogP contribution < -0.4 is 15.6 Å². The van der Waals surface area contributed by atoms with E-state index >= 15 is 0 Å². The molecule has 5 nitrogen and oxygen atoms in total. The van der Waals surface area contributed by atoms with Crippen LogP contribution in [-0.2, 0) is 6.54 Å². The zero-order valence-corrected chi connectivity index (χ0v) is 15.3. The smallest absolute Gasteiger partial charge is 0.316 e. The molecule has 3 rings (SSSR count). The Labute approximate surface area is 155 Å². The third kappa shape index (κ3) is 3.96. The summed E-state index contributed by atoms with van der Waals surface area (Å²) in [4.78, 5) is 16.2. The predicted octanol–water partition coefficient (Wildman–Crippen LogP) is 3.85. The zero-order chi connectivity index (χ0) is 18.7. The number of methoxy groups -OCH3 is 1.